The number of benzene rings is 1. The van der Waals surface area contributed by atoms with Crippen molar-refractivity contribution < 1.29 is 9.53 Å². The molecule has 0 amide bonds. The third-order valence-electron chi connectivity index (χ3n) is 3.28. The van der Waals surface area contributed by atoms with Crippen molar-refractivity contribution in [1.82, 2.24) is 4.98 Å². The molecule has 0 aliphatic heterocycles. The lowest BCUT2D eigenvalue weighted by molar-refractivity contribution is -0.134. The standard InChI is InChI=1S/C18H19NO2/c1-4-8-13(5-2)18-15(11-12-17(20)21-3)14-9-6-7-10-16(14)19-18/h4-12,19H,1-3H3/b8-4-,12-11+,13-5+. The van der Waals surface area contributed by atoms with Crippen molar-refractivity contribution in [3.05, 3.63) is 59.8 Å². The van der Waals surface area contributed by atoms with E-state index in [9.17, 15) is 4.79 Å². The number of H-pyrrole nitrogens is 1. The average molecular weight is 281 g/mol. The fourth-order valence-electron chi connectivity index (χ4n) is 2.29. The van der Waals surface area contributed by atoms with Crippen LogP contribution in [0.4, 0.5) is 0 Å². The van der Waals surface area contributed by atoms with Gasteiger partial charge in [0.05, 0.1) is 12.8 Å². The van der Waals surface area contributed by atoms with Crippen molar-refractivity contribution in [1.29, 1.82) is 0 Å². The van der Waals surface area contributed by atoms with Crippen LogP contribution < -0.4 is 0 Å². The molecular formula is C18H19NO2. The number of carbonyl (C=O) groups excluding carboxylic acids is 1. The molecule has 0 aliphatic rings. The summed E-state index contributed by atoms with van der Waals surface area (Å²) in [6.45, 7) is 3.98. The Morgan fingerprint density at radius 1 is 1.19 bits per heavy atom. The number of fused-ring (bicyclic) bond motifs is 1. The van der Waals surface area contributed by atoms with Crippen molar-refractivity contribution in [2.75, 3.05) is 7.11 Å². The molecule has 0 spiro atoms. The van der Waals surface area contributed by atoms with Gasteiger partial charge in [0.15, 0.2) is 0 Å². The second kappa shape index (κ2) is 6.75. The third kappa shape index (κ3) is 3.14. The first kappa shape index (κ1) is 14.9. The van der Waals surface area contributed by atoms with Gasteiger partial charge in [-0.15, -0.1) is 0 Å². The summed E-state index contributed by atoms with van der Waals surface area (Å²) < 4.78 is 4.67. The number of hydrogen-bond acceptors (Lipinski definition) is 2. The lowest BCUT2D eigenvalue weighted by Crippen LogP contribution is -1.93. The van der Waals surface area contributed by atoms with Gasteiger partial charge in [-0.3, -0.25) is 0 Å². The van der Waals surface area contributed by atoms with E-state index in [1.165, 1.54) is 13.2 Å². The minimum Gasteiger partial charge on any atom is -0.466 e. The Bertz CT molecular complexity index is 733. The van der Waals surface area contributed by atoms with Gasteiger partial charge in [-0.05, 0) is 31.6 Å². The van der Waals surface area contributed by atoms with Crippen LogP contribution in [-0.2, 0) is 9.53 Å². The highest BCUT2D eigenvalue weighted by Gasteiger charge is 2.11. The number of aromatic nitrogens is 1. The number of aromatic amines is 1. The summed E-state index contributed by atoms with van der Waals surface area (Å²) >= 11 is 0. The van der Waals surface area contributed by atoms with Crippen LogP contribution in [0.25, 0.3) is 22.6 Å². The van der Waals surface area contributed by atoms with Crippen molar-refractivity contribution in [3.63, 3.8) is 0 Å². The maximum absolute atomic E-state index is 11.4. The number of carbonyl (C=O) groups is 1. The van der Waals surface area contributed by atoms with Crippen LogP contribution in [0.1, 0.15) is 25.1 Å². The van der Waals surface area contributed by atoms with Crippen molar-refractivity contribution in [2.45, 2.75) is 13.8 Å². The van der Waals surface area contributed by atoms with Gasteiger partial charge in [-0.1, -0.05) is 36.4 Å². The van der Waals surface area contributed by atoms with Gasteiger partial charge in [0.2, 0.25) is 0 Å². The Labute approximate surface area is 124 Å². The third-order valence-corrected chi connectivity index (χ3v) is 3.28. The Hall–Kier alpha value is -2.55. The van der Waals surface area contributed by atoms with Crippen LogP contribution in [0.15, 0.2) is 48.6 Å². The van der Waals surface area contributed by atoms with Crippen LogP contribution in [0.5, 0.6) is 0 Å². The normalized spacial score (nSPS) is 12.6. The lowest BCUT2D eigenvalue weighted by atomic mass is 10.0. The summed E-state index contributed by atoms with van der Waals surface area (Å²) in [5.74, 6) is -0.362. The Morgan fingerprint density at radius 3 is 2.62 bits per heavy atom. The summed E-state index contributed by atoms with van der Waals surface area (Å²) in [5.41, 5.74) is 4.11. The van der Waals surface area contributed by atoms with Crippen LogP contribution in [-0.4, -0.2) is 18.1 Å². The monoisotopic (exact) mass is 281 g/mol. The molecule has 2 rings (SSSR count). The average Bonchev–Trinajstić information content (AvgIpc) is 2.88. The minimum atomic E-state index is -0.362. The number of para-hydroxylation sites is 1. The SMILES string of the molecule is C/C=C\C(=C/C)c1[nH]c2ccccc2c1/C=C/C(=O)OC. The molecule has 0 saturated carbocycles. The fourth-order valence-corrected chi connectivity index (χ4v) is 2.29. The predicted octanol–water partition coefficient (Wildman–Crippen LogP) is 4.33. The second-order valence-electron chi connectivity index (χ2n) is 4.56. The van der Waals surface area contributed by atoms with Crippen LogP contribution in [0.3, 0.4) is 0 Å². The molecular weight excluding hydrogens is 262 g/mol. The Kier molecular flexibility index (Phi) is 4.77. The molecule has 2 aromatic rings. The largest absolute Gasteiger partial charge is 0.466 e. The zero-order chi connectivity index (χ0) is 15.2. The summed E-state index contributed by atoms with van der Waals surface area (Å²) in [6, 6.07) is 8.04. The van der Waals surface area contributed by atoms with E-state index >= 15 is 0 Å². The topological polar surface area (TPSA) is 42.1 Å². The molecule has 1 heterocycles. The quantitative estimate of drug-likeness (QED) is 0.515. The molecule has 0 aliphatic carbocycles. The van der Waals surface area contributed by atoms with Gasteiger partial charge in [0, 0.05) is 22.5 Å². The van der Waals surface area contributed by atoms with Crippen LogP contribution in [0, 0.1) is 0 Å². The van der Waals surface area contributed by atoms with E-state index in [2.05, 4.69) is 9.72 Å². The Balaban J connectivity index is 2.64. The number of rotatable bonds is 4. The van der Waals surface area contributed by atoms with Gasteiger partial charge in [-0.2, -0.15) is 0 Å². The first-order valence-corrected chi connectivity index (χ1v) is 6.87. The molecule has 0 saturated heterocycles. The summed E-state index contributed by atoms with van der Waals surface area (Å²) in [5, 5.41) is 1.08. The Morgan fingerprint density at radius 2 is 1.95 bits per heavy atom. The number of hydrogen-bond donors (Lipinski definition) is 1. The van der Waals surface area contributed by atoms with E-state index in [-0.39, 0.29) is 5.97 Å². The van der Waals surface area contributed by atoms with E-state index in [0.717, 1.165) is 27.7 Å². The van der Waals surface area contributed by atoms with Crippen molar-refractivity contribution in [2.24, 2.45) is 0 Å². The fraction of sp³-hybridized carbons (Fsp3) is 0.167. The molecule has 0 radical (unpaired) electrons. The maximum Gasteiger partial charge on any atom is 0.330 e. The van der Waals surface area contributed by atoms with Gasteiger partial charge in [-0.25, -0.2) is 4.79 Å². The van der Waals surface area contributed by atoms with Gasteiger partial charge in [0.1, 0.15) is 0 Å². The molecule has 0 unspecified atom stereocenters. The van der Waals surface area contributed by atoms with Gasteiger partial charge in [0.25, 0.3) is 0 Å². The zero-order valence-corrected chi connectivity index (χ0v) is 12.5. The molecule has 3 nitrogen and oxygen atoms in total. The molecule has 1 N–H and O–H groups in total. The molecule has 21 heavy (non-hydrogen) atoms. The van der Waals surface area contributed by atoms with E-state index in [1.54, 1.807) is 6.08 Å². The highest BCUT2D eigenvalue weighted by Crippen LogP contribution is 2.29. The molecule has 0 atom stereocenters. The van der Waals surface area contributed by atoms with Crippen LogP contribution in [0.2, 0.25) is 0 Å². The van der Waals surface area contributed by atoms with E-state index in [0.29, 0.717) is 0 Å². The first-order chi connectivity index (χ1) is 10.2. The van der Waals surface area contributed by atoms with Gasteiger partial charge >= 0.3 is 5.97 Å². The minimum absolute atomic E-state index is 0.362. The molecule has 3 heteroatoms. The number of ether oxygens (including phenoxy) is 1. The van der Waals surface area contributed by atoms with Crippen molar-refractivity contribution >= 4 is 28.5 Å². The second-order valence-corrected chi connectivity index (χ2v) is 4.56. The first-order valence-electron chi connectivity index (χ1n) is 6.87. The maximum atomic E-state index is 11.4. The molecule has 0 bridgehead atoms. The summed E-state index contributed by atoms with van der Waals surface area (Å²) in [6.07, 6.45) is 9.32. The van der Waals surface area contributed by atoms with Crippen molar-refractivity contribution in [3.8, 4) is 0 Å². The zero-order valence-electron chi connectivity index (χ0n) is 12.5. The van der Waals surface area contributed by atoms with E-state index in [1.807, 2.05) is 56.3 Å². The highest BCUT2D eigenvalue weighted by atomic mass is 16.5. The predicted molar refractivity (Wildman–Crippen MR) is 87.8 cm³/mol. The van der Waals surface area contributed by atoms with Crippen LogP contribution >= 0.6 is 0 Å². The summed E-state index contributed by atoms with van der Waals surface area (Å²) in [7, 11) is 1.38. The van der Waals surface area contributed by atoms with E-state index in [4.69, 9.17) is 0 Å². The number of nitrogens with one attached hydrogen (secondary N) is 1. The number of esters is 1. The molecule has 1 aromatic carbocycles. The highest BCUT2D eigenvalue weighted by molar-refractivity contribution is 5.99. The molecule has 1 aromatic heterocycles. The smallest absolute Gasteiger partial charge is 0.330 e. The number of methoxy groups -OCH3 is 1. The number of allylic oxidation sites excluding steroid dienone is 4. The lowest BCUT2D eigenvalue weighted by Gasteiger charge is -2.01. The molecule has 0 fully saturated rings. The van der Waals surface area contributed by atoms with Gasteiger partial charge < -0.3 is 9.72 Å². The molecule has 108 valence electrons. The summed E-state index contributed by atoms with van der Waals surface area (Å²) in [4.78, 5) is 14.8. The van der Waals surface area contributed by atoms with E-state index < -0.39 is 0 Å².